The van der Waals surface area contributed by atoms with E-state index in [2.05, 4.69) is 11.0 Å². The molecule has 1 amide bonds. The molecule has 134 valence electrons. The molecule has 24 heavy (non-hydrogen) atoms. The number of furan rings is 1. The van der Waals surface area contributed by atoms with Crippen molar-refractivity contribution in [3.05, 3.63) is 23.7 Å². The summed E-state index contributed by atoms with van der Waals surface area (Å²) in [5.74, 6) is 2.44. The zero-order valence-electron chi connectivity index (χ0n) is 14.9. The molecule has 3 rings (SSSR count). The van der Waals surface area contributed by atoms with Crippen molar-refractivity contribution >= 4 is 5.91 Å². The maximum Gasteiger partial charge on any atom is 0.248 e. The molecule has 6 heteroatoms. The molecule has 2 aliphatic rings. The fourth-order valence-electron chi connectivity index (χ4n) is 3.67. The lowest BCUT2D eigenvalue weighted by Crippen LogP contribution is -2.47. The zero-order valence-corrected chi connectivity index (χ0v) is 14.9. The summed E-state index contributed by atoms with van der Waals surface area (Å²) in [4.78, 5) is 15.6. The number of likely N-dealkylation sites (N-methyl/N-ethyl adjacent to an activating group) is 1. The first-order valence-corrected chi connectivity index (χ1v) is 8.72. The van der Waals surface area contributed by atoms with Crippen LogP contribution < -0.4 is 0 Å². The number of fused-ring (bicyclic) bond motifs is 1. The Bertz CT molecular complexity index is 557. The van der Waals surface area contributed by atoms with E-state index in [0.29, 0.717) is 18.6 Å². The first kappa shape index (κ1) is 17.5. The van der Waals surface area contributed by atoms with Crippen LogP contribution in [0.1, 0.15) is 24.4 Å². The molecular formula is C18H28N2O4. The fraction of sp³-hybridized carbons (Fsp3) is 0.722. The van der Waals surface area contributed by atoms with Gasteiger partial charge < -0.3 is 18.8 Å². The Balaban J connectivity index is 1.50. The van der Waals surface area contributed by atoms with E-state index in [1.807, 2.05) is 13.0 Å². The zero-order chi connectivity index (χ0) is 17.1. The van der Waals surface area contributed by atoms with Crippen molar-refractivity contribution in [2.45, 2.75) is 38.5 Å². The number of aryl methyl sites for hydroxylation is 1. The molecule has 2 heterocycles. The van der Waals surface area contributed by atoms with E-state index in [-0.39, 0.29) is 18.6 Å². The lowest BCUT2D eigenvalue weighted by atomic mass is 10.1. The van der Waals surface area contributed by atoms with Gasteiger partial charge in [-0.3, -0.25) is 9.69 Å². The molecule has 1 aliphatic heterocycles. The minimum Gasteiger partial charge on any atom is -0.465 e. The van der Waals surface area contributed by atoms with Gasteiger partial charge in [-0.2, -0.15) is 0 Å². The van der Waals surface area contributed by atoms with Crippen LogP contribution in [-0.2, 0) is 20.8 Å². The summed E-state index contributed by atoms with van der Waals surface area (Å²) in [5.41, 5.74) is 0. The second-order valence-electron chi connectivity index (χ2n) is 7.10. The molecule has 3 unspecified atom stereocenters. The Morgan fingerprint density at radius 3 is 2.92 bits per heavy atom. The molecule has 6 nitrogen and oxygen atoms in total. The van der Waals surface area contributed by atoms with Crippen LogP contribution in [-0.4, -0.2) is 68.3 Å². The molecule has 1 aliphatic carbocycles. The molecular weight excluding hydrogens is 308 g/mol. The number of morpholine rings is 1. The van der Waals surface area contributed by atoms with Crippen molar-refractivity contribution in [1.29, 1.82) is 0 Å². The van der Waals surface area contributed by atoms with E-state index in [1.165, 1.54) is 0 Å². The second-order valence-corrected chi connectivity index (χ2v) is 7.10. The van der Waals surface area contributed by atoms with E-state index >= 15 is 0 Å². The van der Waals surface area contributed by atoms with Gasteiger partial charge in [0.2, 0.25) is 5.91 Å². The normalized spacial score (nSPS) is 27.2. The molecule has 0 radical (unpaired) electrons. The highest BCUT2D eigenvalue weighted by molar-refractivity contribution is 5.76. The van der Waals surface area contributed by atoms with Gasteiger partial charge in [0.05, 0.1) is 25.9 Å². The van der Waals surface area contributed by atoms with Crippen molar-refractivity contribution in [3.8, 4) is 0 Å². The monoisotopic (exact) mass is 336 g/mol. The third-order valence-corrected chi connectivity index (χ3v) is 4.98. The van der Waals surface area contributed by atoms with Gasteiger partial charge in [-0.1, -0.05) is 0 Å². The number of nitrogens with zero attached hydrogens (tertiary/aromatic N) is 2. The molecule has 1 saturated carbocycles. The molecule has 2 fully saturated rings. The van der Waals surface area contributed by atoms with Crippen LogP contribution in [0.15, 0.2) is 16.5 Å². The molecule has 3 atom stereocenters. The number of hydrogen-bond acceptors (Lipinski definition) is 5. The van der Waals surface area contributed by atoms with Gasteiger partial charge in [0, 0.05) is 26.7 Å². The summed E-state index contributed by atoms with van der Waals surface area (Å²) in [5, 5.41) is 0. The molecule has 0 N–H and O–H groups in total. The van der Waals surface area contributed by atoms with Crippen LogP contribution >= 0.6 is 0 Å². The molecule has 0 bridgehead atoms. The lowest BCUT2D eigenvalue weighted by molar-refractivity contribution is -0.134. The van der Waals surface area contributed by atoms with Crippen molar-refractivity contribution in [1.82, 2.24) is 9.80 Å². The topological polar surface area (TPSA) is 55.2 Å². The predicted molar refractivity (Wildman–Crippen MR) is 89.6 cm³/mol. The number of rotatable bonds is 6. The van der Waals surface area contributed by atoms with Gasteiger partial charge in [0.15, 0.2) is 0 Å². The number of ether oxygens (including phenoxy) is 2. The van der Waals surface area contributed by atoms with Gasteiger partial charge in [0.25, 0.3) is 0 Å². The van der Waals surface area contributed by atoms with Crippen LogP contribution in [0.2, 0.25) is 0 Å². The Hall–Kier alpha value is -1.37. The molecule has 1 saturated heterocycles. The lowest BCUT2D eigenvalue weighted by Gasteiger charge is -2.37. The summed E-state index contributed by atoms with van der Waals surface area (Å²) in [6.45, 7) is 5.31. The van der Waals surface area contributed by atoms with Crippen LogP contribution in [0, 0.1) is 12.8 Å². The van der Waals surface area contributed by atoms with Crippen LogP contribution in [0.3, 0.4) is 0 Å². The minimum atomic E-state index is 0.0106. The SMILES string of the molecule is Cc1ccc(CN2CCOC3CC(COCC(=O)N(C)C)CC32)o1. The van der Waals surface area contributed by atoms with Crippen molar-refractivity contribution in [2.24, 2.45) is 5.92 Å². The fourth-order valence-corrected chi connectivity index (χ4v) is 3.67. The summed E-state index contributed by atoms with van der Waals surface area (Å²) in [6, 6.07) is 4.49. The maximum absolute atomic E-state index is 11.6. The molecule has 1 aromatic rings. The van der Waals surface area contributed by atoms with E-state index in [1.54, 1.807) is 19.0 Å². The number of amides is 1. The van der Waals surface area contributed by atoms with Gasteiger partial charge in [-0.25, -0.2) is 0 Å². The number of carbonyl (C=O) groups is 1. The Labute approximate surface area is 143 Å². The summed E-state index contributed by atoms with van der Waals surface area (Å²) < 4.78 is 17.3. The number of hydrogen-bond donors (Lipinski definition) is 0. The highest BCUT2D eigenvalue weighted by atomic mass is 16.5. The largest absolute Gasteiger partial charge is 0.465 e. The van der Waals surface area contributed by atoms with Gasteiger partial charge in [0.1, 0.15) is 18.1 Å². The summed E-state index contributed by atoms with van der Waals surface area (Å²) in [6.07, 6.45) is 2.34. The smallest absolute Gasteiger partial charge is 0.248 e. The predicted octanol–water partition coefficient (Wildman–Crippen LogP) is 1.67. The van der Waals surface area contributed by atoms with E-state index < -0.39 is 0 Å². The van der Waals surface area contributed by atoms with Gasteiger partial charge in [-0.05, 0) is 37.8 Å². The van der Waals surface area contributed by atoms with Gasteiger partial charge in [-0.15, -0.1) is 0 Å². The Kier molecular flexibility index (Phi) is 5.58. The first-order valence-electron chi connectivity index (χ1n) is 8.72. The second kappa shape index (κ2) is 7.68. The molecule has 1 aromatic heterocycles. The average molecular weight is 336 g/mol. The first-order chi connectivity index (χ1) is 11.5. The quantitative estimate of drug-likeness (QED) is 0.791. The molecule has 0 aromatic carbocycles. The van der Waals surface area contributed by atoms with Gasteiger partial charge >= 0.3 is 0 Å². The van der Waals surface area contributed by atoms with E-state index in [9.17, 15) is 4.79 Å². The van der Waals surface area contributed by atoms with E-state index in [4.69, 9.17) is 13.9 Å². The van der Waals surface area contributed by atoms with Crippen molar-refractivity contribution in [3.63, 3.8) is 0 Å². The highest BCUT2D eigenvalue weighted by Gasteiger charge is 2.41. The Morgan fingerprint density at radius 2 is 2.21 bits per heavy atom. The highest BCUT2D eigenvalue weighted by Crippen LogP contribution is 2.35. The van der Waals surface area contributed by atoms with E-state index in [0.717, 1.165) is 44.1 Å². The van der Waals surface area contributed by atoms with Crippen molar-refractivity contribution < 1.29 is 18.7 Å². The number of carbonyl (C=O) groups excluding carboxylic acids is 1. The third-order valence-electron chi connectivity index (χ3n) is 4.98. The third kappa shape index (κ3) is 4.18. The standard InChI is InChI=1S/C18H28N2O4/c1-13-4-5-15(24-13)10-20-6-7-23-17-9-14(8-16(17)20)11-22-12-18(21)19(2)3/h4-5,14,16-17H,6-12H2,1-3H3. The van der Waals surface area contributed by atoms with Crippen molar-refractivity contribution in [2.75, 3.05) is 40.5 Å². The summed E-state index contributed by atoms with van der Waals surface area (Å²) in [7, 11) is 3.50. The summed E-state index contributed by atoms with van der Waals surface area (Å²) >= 11 is 0. The van der Waals surface area contributed by atoms with Crippen LogP contribution in [0.5, 0.6) is 0 Å². The molecule has 0 spiro atoms. The van der Waals surface area contributed by atoms with Crippen LogP contribution in [0.4, 0.5) is 0 Å². The maximum atomic E-state index is 11.6. The minimum absolute atomic E-state index is 0.0106. The van der Waals surface area contributed by atoms with Crippen LogP contribution in [0.25, 0.3) is 0 Å². The Morgan fingerprint density at radius 1 is 1.38 bits per heavy atom. The average Bonchev–Trinajstić information content (AvgIpc) is 3.13.